The van der Waals surface area contributed by atoms with E-state index in [1.54, 1.807) is 6.92 Å². The summed E-state index contributed by atoms with van der Waals surface area (Å²) in [5, 5.41) is 2.54. The molecule has 0 atom stereocenters. The van der Waals surface area contributed by atoms with E-state index in [9.17, 15) is 13.2 Å². The van der Waals surface area contributed by atoms with Gasteiger partial charge in [-0.2, -0.15) is 0 Å². The lowest BCUT2D eigenvalue weighted by Gasteiger charge is -2.06. The fourth-order valence-electron chi connectivity index (χ4n) is 1.30. The van der Waals surface area contributed by atoms with Crippen molar-refractivity contribution in [3.05, 3.63) is 18.5 Å². The van der Waals surface area contributed by atoms with E-state index in [2.05, 4.69) is 10.3 Å². The van der Waals surface area contributed by atoms with Gasteiger partial charge in [0, 0.05) is 19.2 Å². The zero-order valence-corrected chi connectivity index (χ0v) is 10.3. The number of nitrogens with one attached hydrogen (secondary N) is 1. The smallest absolute Gasteiger partial charge is 0.221 e. The quantitative estimate of drug-likeness (QED) is 0.770. The van der Waals surface area contributed by atoms with Crippen molar-refractivity contribution in [3.8, 4) is 0 Å². The summed E-state index contributed by atoms with van der Waals surface area (Å²) in [6.45, 7) is 2.25. The molecule has 1 aromatic rings. The van der Waals surface area contributed by atoms with Crippen molar-refractivity contribution in [1.29, 1.82) is 0 Å². The first-order valence-electron chi connectivity index (χ1n) is 5.16. The minimum absolute atomic E-state index is 0.0248. The topological polar surface area (TPSA) is 102 Å². The first kappa shape index (κ1) is 13.4. The number of anilines is 1. The molecule has 0 aliphatic carbocycles. The molecule has 6 nitrogen and oxygen atoms in total. The third-order valence-electron chi connectivity index (χ3n) is 2.12. The second kappa shape index (κ2) is 5.62. The number of hydrogen-bond acceptors (Lipinski definition) is 5. The normalized spacial score (nSPS) is 11.1. The summed E-state index contributed by atoms with van der Waals surface area (Å²) in [7, 11) is -3.53. The van der Waals surface area contributed by atoms with Crippen LogP contribution in [0.15, 0.2) is 23.4 Å². The summed E-state index contributed by atoms with van der Waals surface area (Å²) in [5.41, 5.74) is 5.63. The Morgan fingerprint density at radius 2 is 2.24 bits per heavy atom. The van der Waals surface area contributed by atoms with Crippen molar-refractivity contribution < 1.29 is 13.2 Å². The predicted molar refractivity (Wildman–Crippen MR) is 64.0 cm³/mol. The molecular formula is C10H15N3O3S. The highest BCUT2D eigenvalue weighted by molar-refractivity contribution is 7.91. The Bertz CT molecular complexity index is 499. The lowest BCUT2D eigenvalue weighted by molar-refractivity contribution is -0.120. The van der Waals surface area contributed by atoms with Crippen molar-refractivity contribution in [2.75, 3.05) is 18.0 Å². The number of nitrogens with zero attached hydrogens (tertiary/aromatic N) is 1. The molecule has 1 heterocycles. The van der Waals surface area contributed by atoms with Crippen molar-refractivity contribution in [2.45, 2.75) is 18.2 Å². The van der Waals surface area contributed by atoms with Crippen LogP contribution in [0.1, 0.15) is 13.3 Å². The zero-order chi connectivity index (χ0) is 12.9. The summed E-state index contributed by atoms with van der Waals surface area (Å²) in [4.78, 5) is 14.9. The van der Waals surface area contributed by atoms with Crippen LogP contribution in [0.2, 0.25) is 0 Å². The predicted octanol–water partition coefficient (Wildman–Crippen LogP) is -0.0363. The van der Waals surface area contributed by atoms with Gasteiger partial charge >= 0.3 is 0 Å². The molecular weight excluding hydrogens is 242 g/mol. The van der Waals surface area contributed by atoms with Crippen LogP contribution < -0.4 is 11.1 Å². The molecule has 1 aromatic heterocycles. The van der Waals surface area contributed by atoms with E-state index >= 15 is 0 Å². The molecule has 1 amide bonds. The maximum Gasteiger partial charge on any atom is 0.221 e. The van der Waals surface area contributed by atoms with E-state index in [4.69, 9.17) is 5.73 Å². The van der Waals surface area contributed by atoms with E-state index in [0.717, 1.165) is 0 Å². The lowest BCUT2D eigenvalue weighted by Crippen LogP contribution is -2.25. The molecule has 0 bridgehead atoms. The number of carbonyl (C=O) groups excluding carboxylic acids is 1. The van der Waals surface area contributed by atoms with Crippen LogP contribution in [-0.2, 0) is 14.6 Å². The maximum atomic E-state index is 11.9. The van der Waals surface area contributed by atoms with Gasteiger partial charge in [-0.3, -0.25) is 9.78 Å². The molecule has 17 heavy (non-hydrogen) atoms. The lowest BCUT2D eigenvalue weighted by atomic mass is 10.4. The molecule has 0 aliphatic heterocycles. The van der Waals surface area contributed by atoms with Gasteiger partial charge in [0.05, 0.1) is 22.5 Å². The van der Waals surface area contributed by atoms with Crippen LogP contribution >= 0.6 is 0 Å². The molecule has 0 radical (unpaired) electrons. The number of hydrogen-bond donors (Lipinski definition) is 2. The fraction of sp³-hybridized carbons (Fsp3) is 0.400. The van der Waals surface area contributed by atoms with Crippen LogP contribution in [0, 0.1) is 0 Å². The van der Waals surface area contributed by atoms with E-state index in [1.165, 1.54) is 18.5 Å². The SMILES string of the molecule is CCNC(=O)CCS(=O)(=O)c1ccncc1N. The molecule has 0 aromatic carbocycles. The van der Waals surface area contributed by atoms with Crippen LogP contribution in [0.4, 0.5) is 5.69 Å². The monoisotopic (exact) mass is 257 g/mol. The van der Waals surface area contributed by atoms with Crippen LogP contribution in [-0.4, -0.2) is 31.6 Å². The van der Waals surface area contributed by atoms with Crippen molar-refractivity contribution in [2.24, 2.45) is 0 Å². The highest BCUT2D eigenvalue weighted by Crippen LogP contribution is 2.18. The van der Waals surface area contributed by atoms with E-state index in [0.29, 0.717) is 6.54 Å². The second-order valence-corrected chi connectivity index (χ2v) is 5.51. The Morgan fingerprint density at radius 3 is 2.82 bits per heavy atom. The van der Waals surface area contributed by atoms with Gasteiger partial charge in [0.2, 0.25) is 5.91 Å². The molecule has 0 saturated carbocycles. The minimum atomic E-state index is -3.53. The number of aromatic nitrogens is 1. The Labute approximate surface area is 100 Å². The number of rotatable bonds is 5. The van der Waals surface area contributed by atoms with E-state index in [1.807, 2.05) is 0 Å². The first-order valence-corrected chi connectivity index (χ1v) is 6.81. The third-order valence-corrected chi connectivity index (χ3v) is 3.90. The van der Waals surface area contributed by atoms with Crippen molar-refractivity contribution in [1.82, 2.24) is 10.3 Å². The number of nitrogens with two attached hydrogens (primary N) is 1. The van der Waals surface area contributed by atoms with Gasteiger partial charge in [0.1, 0.15) is 0 Å². The number of amides is 1. The van der Waals surface area contributed by atoms with Gasteiger partial charge in [-0.15, -0.1) is 0 Å². The Morgan fingerprint density at radius 1 is 1.53 bits per heavy atom. The molecule has 0 fully saturated rings. The van der Waals surface area contributed by atoms with Gasteiger partial charge in [-0.05, 0) is 13.0 Å². The molecule has 94 valence electrons. The Balaban J connectivity index is 2.77. The maximum absolute atomic E-state index is 11.9. The van der Waals surface area contributed by atoms with Crippen molar-refractivity contribution in [3.63, 3.8) is 0 Å². The Hall–Kier alpha value is -1.63. The standard InChI is InChI=1S/C10H15N3O3S/c1-2-13-10(14)4-6-17(15,16)9-3-5-12-7-8(9)11/h3,5,7H,2,4,6,11H2,1H3,(H,13,14). The summed E-state index contributed by atoms with van der Waals surface area (Å²) in [5.74, 6) is -0.545. The average Bonchev–Trinajstić information content (AvgIpc) is 2.27. The number of pyridine rings is 1. The summed E-state index contributed by atoms with van der Waals surface area (Å²) < 4.78 is 23.7. The molecule has 7 heteroatoms. The highest BCUT2D eigenvalue weighted by Gasteiger charge is 2.18. The third kappa shape index (κ3) is 3.70. The van der Waals surface area contributed by atoms with E-state index in [-0.39, 0.29) is 28.7 Å². The van der Waals surface area contributed by atoms with Gasteiger partial charge in [0.25, 0.3) is 0 Å². The van der Waals surface area contributed by atoms with Crippen LogP contribution in [0.5, 0.6) is 0 Å². The second-order valence-electron chi connectivity index (χ2n) is 3.44. The number of sulfone groups is 1. The highest BCUT2D eigenvalue weighted by atomic mass is 32.2. The van der Waals surface area contributed by atoms with Crippen LogP contribution in [0.25, 0.3) is 0 Å². The molecule has 0 aliphatic rings. The molecule has 0 unspecified atom stereocenters. The molecule has 0 spiro atoms. The minimum Gasteiger partial charge on any atom is -0.396 e. The van der Waals surface area contributed by atoms with E-state index < -0.39 is 9.84 Å². The fourth-order valence-corrected chi connectivity index (χ4v) is 2.65. The van der Waals surface area contributed by atoms with Crippen molar-refractivity contribution >= 4 is 21.4 Å². The summed E-state index contributed by atoms with van der Waals surface area (Å²) in [6.07, 6.45) is 2.56. The van der Waals surface area contributed by atoms with Gasteiger partial charge in [-0.25, -0.2) is 8.42 Å². The summed E-state index contributed by atoms with van der Waals surface area (Å²) in [6, 6.07) is 1.34. The van der Waals surface area contributed by atoms with Gasteiger partial charge < -0.3 is 11.1 Å². The average molecular weight is 257 g/mol. The zero-order valence-electron chi connectivity index (χ0n) is 9.51. The molecule has 1 rings (SSSR count). The molecule has 3 N–H and O–H groups in total. The summed E-state index contributed by atoms with van der Waals surface area (Å²) >= 11 is 0. The van der Waals surface area contributed by atoms with Gasteiger partial charge in [-0.1, -0.05) is 0 Å². The number of carbonyl (C=O) groups is 1. The van der Waals surface area contributed by atoms with Crippen LogP contribution in [0.3, 0.4) is 0 Å². The van der Waals surface area contributed by atoms with Gasteiger partial charge in [0.15, 0.2) is 9.84 Å². The first-order chi connectivity index (χ1) is 7.97. The largest absolute Gasteiger partial charge is 0.396 e. The Kier molecular flexibility index (Phi) is 4.45. The number of nitrogen functional groups attached to an aromatic ring is 1. The molecule has 0 saturated heterocycles.